The Morgan fingerprint density at radius 1 is 1.29 bits per heavy atom. The summed E-state index contributed by atoms with van der Waals surface area (Å²) in [5, 5.41) is 13.5. The number of aryl methyl sites for hydroxylation is 1. The van der Waals surface area contributed by atoms with Crippen molar-refractivity contribution in [2.45, 2.75) is 13.5 Å². The Kier molecular flexibility index (Phi) is 3.87. The molecular weight excluding hydrogens is 314 g/mol. The largest absolute Gasteiger partial charge is 0.420 e. The van der Waals surface area contributed by atoms with Crippen LogP contribution in [0.1, 0.15) is 5.56 Å². The van der Waals surface area contributed by atoms with Crippen molar-refractivity contribution in [3.05, 3.63) is 68.7 Å². The van der Waals surface area contributed by atoms with E-state index in [1.807, 2.05) is 0 Å². The maximum absolute atomic E-state index is 12.2. The average molecular weight is 327 g/mol. The zero-order valence-electron chi connectivity index (χ0n) is 12.7. The molecular formula is C16H13N3O5. The molecule has 3 rings (SSSR count). The second-order valence-corrected chi connectivity index (χ2v) is 5.23. The van der Waals surface area contributed by atoms with E-state index in [1.165, 1.54) is 10.6 Å². The van der Waals surface area contributed by atoms with Crippen LogP contribution in [0.25, 0.3) is 11.1 Å². The van der Waals surface area contributed by atoms with Crippen LogP contribution in [0.15, 0.2) is 51.7 Å². The first-order chi connectivity index (χ1) is 11.5. The third-order valence-corrected chi connectivity index (χ3v) is 3.57. The summed E-state index contributed by atoms with van der Waals surface area (Å²) >= 11 is 0. The van der Waals surface area contributed by atoms with Crippen LogP contribution in [0.3, 0.4) is 0 Å². The maximum atomic E-state index is 12.2. The highest BCUT2D eigenvalue weighted by Gasteiger charge is 2.15. The van der Waals surface area contributed by atoms with E-state index in [9.17, 15) is 19.7 Å². The van der Waals surface area contributed by atoms with E-state index in [1.54, 1.807) is 43.3 Å². The average Bonchev–Trinajstić information content (AvgIpc) is 2.85. The van der Waals surface area contributed by atoms with Gasteiger partial charge < -0.3 is 9.73 Å². The standard InChI is InChI=1S/C16H13N3O5/c1-10-6-7-11(8-13(10)19(22)23)17-15(20)9-18-12-4-2-3-5-14(12)24-16(18)21/h2-8H,9H2,1H3,(H,17,20). The molecule has 0 bridgehead atoms. The van der Waals surface area contributed by atoms with E-state index in [0.29, 0.717) is 16.7 Å². The van der Waals surface area contributed by atoms with Gasteiger partial charge in [-0.25, -0.2) is 4.79 Å². The molecule has 0 fully saturated rings. The van der Waals surface area contributed by atoms with E-state index in [-0.39, 0.29) is 17.9 Å². The fourth-order valence-electron chi connectivity index (χ4n) is 2.39. The topological polar surface area (TPSA) is 107 Å². The van der Waals surface area contributed by atoms with Crippen molar-refractivity contribution in [2.24, 2.45) is 0 Å². The van der Waals surface area contributed by atoms with E-state index in [0.717, 1.165) is 0 Å². The molecule has 1 amide bonds. The number of benzene rings is 2. The van der Waals surface area contributed by atoms with E-state index < -0.39 is 16.6 Å². The molecule has 1 heterocycles. The fourth-order valence-corrected chi connectivity index (χ4v) is 2.39. The van der Waals surface area contributed by atoms with Gasteiger partial charge in [0, 0.05) is 17.3 Å². The van der Waals surface area contributed by atoms with Crippen LogP contribution >= 0.6 is 0 Å². The Bertz CT molecular complexity index is 1000. The second kappa shape index (κ2) is 5.99. The highest BCUT2D eigenvalue weighted by atomic mass is 16.6. The number of carbonyl (C=O) groups is 1. The lowest BCUT2D eigenvalue weighted by Crippen LogP contribution is -2.24. The number of amides is 1. The summed E-state index contributed by atoms with van der Waals surface area (Å²) in [4.78, 5) is 34.4. The van der Waals surface area contributed by atoms with Crippen LogP contribution in [0.4, 0.5) is 11.4 Å². The van der Waals surface area contributed by atoms with Crippen molar-refractivity contribution < 1.29 is 14.1 Å². The van der Waals surface area contributed by atoms with Gasteiger partial charge in [0.05, 0.1) is 10.4 Å². The van der Waals surface area contributed by atoms with Crippen LogP contribution in [0.5, 0.6) is 0 Å². The molecule has 3 aromatic rings. The molecule has 24 heavy (non-hydrogen) atoms. The number of aromatic nitrogens is 1. The lowest BCUT2D eigenvalue weighted by Gasteiger charge is -2.06. The number of nitro groups is 1. The number of anilines is 1. The molecule has 0 aliphatic heterocycles. The lowest BCUT2D eigenvalue weighted by molar-refractivity contribution is -0.385. The maximum Gasteiger partial charge on any atom is 0.420 e. The number of carbonyl (C=O) groups excluding carboxylic acids is 1. The highest BCUT2D eigenvalue weighted by molar-refractivity contribution is 5.91. The Hall–Kier alpha value is -3.42. The zero-order valence-corrected chi connectivity index (χ0v) is 12.7. The first-order valence-corrected chi connectivity index (χ1v) is 7.09. The molecule has 0 atom stereocenters. The van der Waals surface area contributed by atoms with Gasteiger partial charge in [-0.05, 0) is 25.1 Å². The summed E-state index contributed by atoms with van der Waals surface area (Å²) in [5.41, 5.74) is 1.60. The van der Waals surface area contributed by atoms with Crippen molar-refractivity contribution in [1.82, 2.24) is 4.57 Å². The van der Waals surface area contributed by atoms with Gasteiger partial charge in [0.15, 0.2) is 5.58 Å². The molecule has 0 radical (unpaired) electrons. The van der Waals surface area contributed by atoms with Crippen molar-refractivity contribution in [2.75, 3.05) is 5.32 Å². The summed E-state index contributed by atoms with van der Waals surface area (Å²) < 4.78 is 6.26. The number of nitrogens with one attached hydrogen (secondary N) is 1. The minimum absolute atomic E-state index is 0.0845. The summed E-state index contributed by atoms with van der Waals surface area (Å²) in [6.07, 6.45) is 0. The number of hydrogen-bond donors (Lipinski definition) is 1. The molecule has 0 aliphatic carbocycles. The van der Waals surface area contributed by atoms with Crippen molar-refractivity contribution >= 4 is 28.4 Å². The van der Waals surface area contributed by atoms with Crippen molar-refractivity contribution in [1.29, 1.82) is 0 Å². The quantitative estimate of drug-likeness (QED) is 0.585. The predicted molar refractivity (Wildman–Crippen MR) is 86.9 cm³/mol. The van der Waals surface area contributed by atoms with Crippen LogP contribution in [0, 0.1) is 17.0 Å². The van der Waals surface area contributed by atoms with Crippen molar-refractivity contribution in [3.8, 4) is 0 Å². The smallest absolute Gasteiger partial charge is 0.408 e. The third kappa shape index (κ3) is 2.89. The summed E-state index contributed by atoms with van der Waals surface area (Å²) in [6, 6.07) is 11.2. The SMILES string of the molecule is Cc1ccc(NC(=O)Cn2c(=O)oc3ccccc32)cc1[N+](=O)[O-]. The van der Waals surface area contributed by atoms with Crippen LogP contribution in [-0.2, 0) is 11.3 Å². The lowest BCUT2D eigenvalue weighted by atomic mass is 10.2. The van der Waals surface area contributed by atoms with Gasteiger partial charge in [0.25, 0.3) is 5.69 Å². The molecule has 0 aliphatic rings. The van der Waals surface area contributed by atoms with Crippen LogP contribution in [0.2, 0.25) is 0 Å². The normalized spacial score (nSPS) is 10.7. The van der Waals surface area contributed by atoms with Crippen molar-refractivity contribution in [3.63, 3.8) is 0 Å². The molecule has 0 saturated carbocycles. The van der Waals surface area contributed by atoms with Gasteiger partial charge in [0.1, 0.15) is 6.54 Å². The second-order valence-electron chi connectivity index (χ2n) is 5.23. The first kappa shape index (κ1) is 15.5. The first-order valence-electron chi connectivity index (χ1n) is 7.09. The van der Waals surface area contributed by atoms with Crippen LogP contribution < -0.4 is 11.1 Å². The molecule has 8 nitrogen and oxygen atoms in total. The van der Waals surface area contributed by atoms with Gasteiger partial charge in [-0.3, -0.25) is 19.5 Å². The summed E-state index contributed by atoms with van der Waals surface area (Å²) in [6.45, 7) is 1.36. The molecule has 1 N–H and O–H groups in total. The van der Waals surface area contributed by atoms with Gasteiger partial charge >= 0.3 is 5.76 Å². The Balaban J connectivity index is 1.83. The third-order valence-electron chi connectivity index (χ3n) is 3.57. The van der Waals surface area contributed by atoms with E-state index in [4.69, 9.17) is 4.42 Å². The van der Waals surface area contributed by atoms with Gasteiger partial charge in [-0.15, -0.1) is 0 Å². The minimum atomic E-state index is -0.638. The van der Waals surface area contributed by atoms with E-state index >= 15 is 0 Å². The minimum Gasteiger partial charge on any atom is -0.408 e. The number of nitrogens with zero attached hydrogens (tertiary/aromatic N) is 2. The Labute approximate surface area is 135 Å². The molecule has 8 heteroatoms. The summed E-state index contributed by atoms with van der Waals surface area (Å²) in [7, 11) is 0. The number of oxazole rings is 1. The number of fused-ring (bicyclic) bond motifs is 1. The van der Waals surface area contributed by atoms with Crippen LogP contribution in [-0.4, -0.2) is 15.4 Å². The fraction of sp³-hybridized carbons (Fsp3) is 0.125. The number of nitro benzene ring substituents is 1. The number of rotatable bonds is 4. The van der Waals surface area contributed by atoms with Gasteiger partial charge in [0.2, 0.25) is 5.91 Å². The Morgan fingerprint density at radius 3 is 2.79 bits per heavy atom. The summed E-state index contributed by atoms with van der Waals surface area (Å²) in [5.74, 6) is -1.12. The number of para-hydroxylation sites is 2. The van der Waals surface area contributed by atoms with Gasteiger partial charge in [-0.1, -0.05) is 18.2 Å². The highest BCUT2D eigenvalue weighted by Crippen LogP contribution is 2.22. The van der Waals surface area contributed by atoms with Gasteiger partial charge in [-0.2, -0.15) is 0 Å². The monoisotopic (exact) mass is 327 g/mol. The molecule has 1 aromatic heterocycles. The zero-order chi connectivity index (χ0) is 17.3. The Morgan fingerprint density at radius 2 is 2.04 bits per heavy atom. The molecule has 0 spiro atoms. The van der Waals surface area contributed by atoms with E-state index in [2.05, 4.69) is 5.32 Å². The molecule has 2 aromatic carbocycles. The predicted octanol–water partition coefficient (Wildman–Crippen LogP) is 2.45. The molecule has 0 unspecified atom stereocenters. The molecule has 122 valence electrons. The molecule has 0 saturated heterocycles. The number of hydrogen-bond acceptors (Lipinski definition) is 5.